The first-order valence-electron chi connectivity index (χ1n) is 9.49. The van der Waals surface area contributed by atoms with Crippen molar-refractivity contribution >= 4 is 16.9 Å². The summed E-state index contributed by atoms with van der Waals surface area (Å²) in [6, 6.07) is 6.94. The normalized spacial score (nSPS) is 25.1. The molecule has 1 aromatic heterocycles. The number of carboxylic acids is 1. The molecule has 33 heavy (non-hydrogen) atoms. The van der Waals surface area contributed by atoms with Crippen LogP contribution in [-0.2, 0) is 9.53 Å². The first kappa shape index (κ1) is 22.4. The second-order valence-corrected chi connectivity index (χ2v) is 7.35. The number of hydrogen-bond donors (Lipinski definition) is 7. The average Bonchev–Trinajstić information content (AvgIpc) is 2.75. The van der Waals surface area contributed by atoms with E-state index in [0.29, 0.717) is 0 Å². The zero-order valence-electron chi connectivity index (χ0n) is 16.5. The fourth-order valence-corrected chi connectivity index (χ4v) is 3.41. The lowest BCUT2D eigenvalue weighted by Gasteiger charge is -2.38. The number of ether oxygens (including phenoxy) is 2. The molecule has 0 radical (unpaired) electrons. The Bertz CT molecular complexity index is 1280. The number of carbonyl (C=O) groups is 1. The van der Waals surface area contributed by atoms with Gasteiger partial charge in [-0.1, -0.05) is 0 Å². The SMILES string of the molecule is O=C(O)[C@@H]1O[C@@H](Oc2cc(O)c3c(=O)cc(-c4ccc(O)c(O)c4)oc3c2)[C@@H](O)[C@@H](O)[C@@H]1O. The van der Waals surface area contributed by atoms with E-state index >= 15 is 0 Å². The Morgan fingerprint density at radius 2 is 1.61 bits per heavy atom. The molecule has 1 aliphatic rings. The summed E-state index contributed by atoms with van der Waals surface area (Å²) in [4.78, 5) is 23.8. The highest BCUT2D eigenvalue weighted by Crippen LogP contribution is 2.35. The zero-order chi connectivity index (χ0) is 24.0. The number of fused-ring (bicyclic) bond motifs is 1. The molecule has 0 aliphatic carbocycles. The third kappa shape index (κ3) is 4.03. The van der Waals surface area contributed by atoms with E-state index in [9.17, 15) is 40.2 Å². The van der Waals surface area contributed by atoms with Gasteiger partial charge in [0.25, 0.3) is 0 Å². The number of phenolic OH excluding ortho intramolecular Hbond substituents is 3. The number of rotatable bonds is 4. The van der Waals surface area contributed by atoms with Crippen LogP contribution in [0.4, 0.5) is 0 Å². The lowest BCUT2D eigenvalue weighted by Crippen LogP contribution is -2.61. The van der Waals surface area contributed by atoms with Crippen LogP contribution in [0.25, 0.3) is 22.3 Å². The van der Waals surface area contributed by atoms with Crippen molar-refractivity contribution in [2.45, 2.75) is 30.7 Å². The lowest BCUT2D eigenvalue weighted by atomic mass is 9.99. The minimum atomic E-state index is -1.91. The fraction of sp³-hybridized carbons (Fsp3) is 0.238. The molecule has 0 saturated carbocycles. The Kier molecular flexibility index (Phi) is 5.59. The lowest BCUT2D eigenvalue weighted by molar-refractivity contribution is -0.271. The number of aromatic hydroxyl groups is 3. The first-order chi connectivity index (χ1) is 15.6. The monoisotopic (exact) mass is 462 g/mol. The van der Waals surface area contributed by atoms with Crippen LogP contribution in [0.1, 0.15) is 0 Å². The summed E-state index contributed by atoms with van der Waals surface area (Å²) in [6.45, 7) is 0. The van der Waals surface area contributed by atoms with Crippen LogP contribution in [0, 0.1) is 0 Å². The number of benzene rings is 2. The molecular weight excluding hydrogens is 444 g/mol. The first-order valence-corrected chi connectivity index (χ1v) is 9.49. The summed E-state index contributed by atoms with van der Waals surface area (Å²) in [5.74, 6) is -3.22. The topological polar surface area (TPSA) is 207 Å². The summed E-state index contributed by atoms with van der Waals surface area (Å²) in [7, 11) is 0. The number of carboxylic acid groups (broad SMARTS) is 1. The predicted molar refractivity (Wildman–Crippen MR) is 108 cm³/mol. The molecule has 12 nitrogen and oxygen atoms in total. The third-order valence-electron chi connectivity index (χ3n) is 5.11. The Labute approximate surface area is 183 Å². The Hall–Kier alpha value is -3.84. The standard InChI is InChI=1S/C21H18O12/c22-9-2-1-7(3-10(9)23)13-6-12(25)15-11(24)4-8(5-14(15)32-13)31-21-18(28)16(26)17(27)19(33-21)20(29)30/h1-6,16-19,21-24,26-28H,(H,29,30)/t16-,17-,18-,19+,21+/m0/s1. The number of hydrogen-bond acceptors (Lipinski definition) is 11. The zero-order valence-corrected chi connectivity index (χ0v) is 16.5. The molecule has 1 fully saturated rings. The van der Waals surface area contributed by atoms with E-state index in [4.69, 9.17) is 19.0 Å². The second-order valence-electron chi connectivity index (χ2n) is 7.35. The van der Waals surface area contributed by atoms with E-state index in [2.05, 4.69) is 0 Å². The molecule has 2 aromatic carbocycles. The highest BCUT2D eigenvalue weighted by Gasteiger charge is 2.48. The van der Waals surface area contributed by atoms with Crippen molar-refractivity contribution in [3.05, 3.63) is 46.6 Å². The second kappa shape index (κ2) is 8.26. The van der Waals surface area contributed by atoms with Crippen LogP contribution in [-0.4, -0.2) is 72.4 Å². The van der Waals surface area contributed by atoms with Crippen LogP contribution in [0.2, 0.25) is 0 Å². The van der Waals surface area contributed by atoms with Gasteiger partial charge in [-0.05, 0) is 18.2 Å². The number of aliphatic hydroxyl groups excluding tert-OH is 3. The summed E-state index contributed by atoms with van der Waals surface area (Å²) in [6.07, 6.45) is -9.29. The van der Waals surface area contributed by atoms with Gasteiger partial charge < -0.3 is 49.6 Å². The molecule has 0 bridgehead atoms. The third-order valence-corrected chi connectivity index (χ3v) is 5.11. The Morgan fingerprint density at radius 1 is 0.879 bits per heavy atom. The van der Waals surface area contributed by atoms with Crippen LogP contribution < -0.4 is 10.2 Å². The molecule has 0 amide bonds. The van der Waals surface area contributed by atoms with Crippen molar-refractivity contribution < 1.29 is 54.4 Å². The molecule has 4 rings (SSSR count). The van der Waals surface area contributed by atoms with Gasteiger partial charge in [0.1, 0.15) is 46.5 Å². The van der Waals surface area contributed by atoms with Crippen LogP contribution in [0.3, 0.4) is 0 Å². The van der Waals surface area contributed by atoms with E-state index in [1.54, 1.807) is 0 Å². The molecule has 174 valence electrons. The van der Waals surface area contributed by atoms with E-state index in [0.717, 1.165) is 24.3 Å². The number of phenols is 3. The van der Waals surface area contributed by atoms with Crippen molar-refractivity contribution in [1.82, 2.24) is 0 Å². The van der Waals surface area contributed by atoms with Crippen molar-refractivity contribution in [3.63, 3.8) is 0 Å². The molecule has 2 heterocycles. The summed E-state index contributed by atoms with van der Waals surface area (Å²) >= 11 is 0. The van der Waals surface area contributed by atoms with Crippen molar-refractivity contribution in [3.8, 4) is 34.3 Å². The maximum absolute atomic E-state index is 12.5. The van der Waals surface area contributed by atoms with E-state index in [-0.39, 0.29) is 33.8 Å². The fourth-order valence-electron chi connectivity index (χ4n) is 3.41. The molecule has 3 aromatic rings. The smallest absolute Gasteiger partial charge is 0.335 e. The Morgan fingerprint density at radius 3 is 2.27 bits per heavy atom. The van der Waals surface area contributed by atoms with Gasteiger partial charge in [0, 0.05) is 23.8 Å². The molecule has 0 spiro atoms. The van der Waals surface area contributed by atoms with Gasteiger partial charge in [-0.2, -0.15) is 0 Å². The van der Waals surface area contributed by atoms with Gasteiger partial charge >= 0.3 is 5.97 Å². The molecule has 5 atom stereocenters. The van der Waals surface area contributed by atoms with Gasteiger partial charge in [0.2, 0.25) is 6.29 Å². The van der Waals surface area contributed by atoms with Crippen LogP contribution >= 0.6 is 0 Å². The molecule has 7 N–H and O–H groups in total. The maximum atomic E-state index is 12.5. The Balaban J connectivity index is 1.72. The molecule has 0 unspecified atom stereocenters. The number of aliphatic hydroxyl groups is 3. The molecule has 1 aliphatic heterocycles. The summed E-state index contributed by atoms with van der Waals surface area (Å²) < 4.78 is 16.0. The van der Waals surface area contributed by atoms with Crippen LogP contribution in [0.15, 0.2) is 45.6 Å². The summed E-state index contributed by atoms with van der Waals surface area (Å²) in [5, 5.41) is 68.2. The van der Waals surface area contributed by atoms with Gasteiger partial charge in [-0.25, -0.2) is 4.79 Å². The van der Waals surface area contributed by atoms with Gasteiger partial charge in [-0.15, -0.1) is 0 Å². The van der Waals surface area contributed by atoms with Gasteiger partial charge in [-0.3, -0.25) is 4.79 Å². The van der Waals surface area contributed by atoms with Crippen molar-refractivity contribution in [2.75, 3.05) is 0 Å². The van der Waals surface area contributed by atoms with E-state index in [1.807, 2.05) is 0 Å². The quantitative estimate of drug-likeness (QED) is 0.253. The maximum Gasteiger partial charge on any atom is 0.335 e. The van der Waals surface area contributed by atoms with E-state index in [1.165, 1.54) is 12.1 Å². The highest BCUT2D eigenvalue weighted by molar-refractivity contribution is 5.86. The molecule has 1 saturated heterocycles. The predicted octanol–water partition coefficient (Wildman–Crippen LogP) is -0.152. The minimum Gasteiger partial charge on any atom is -0.507 e. The van der Waals surface area contributed by atoms with Crippen molar-refractivity contribution in [2.24, 2.45) is 0 Å². The largest absolute Gasteiger partial charge is 0.507 e. The van der Waals surface area contributed by atoms with Crippen LogP contribution in [0.5, 0.6) is 23.0 Å². The van der Waals surface area contributed by atoms with E-state index < -0.39 is 53.6 Å². The average molecular weight is 462 g/mol. The highest BCUT2D eigenvalue weighted by atomic mass is 16.7. The number of aliphatic carboxylic acids is 1. The minimum absolute atomic E-state index is 0.0159. The molecule has 12 heteroatoms. The van der Waals surface area contributed by atoms with Gasteiger partial charge in [0.05, 0.1) is 0 Å². The van der Waals surface area contributed by atoms with Gasteiger partial charge in [0.15, 0.2) is 23.0 Å². The summed E-state index contributed by atoms with van der Waals surface area (Å²) in [5.41, 5.74) is -0.565. The van der Waals surface area contributed by atoms with Crippen molar-refractivity contribution in [1.29, 1.82) is 0 Å². The molecular formula is C21H18O12.